The van der Waals surface area contributed by atoms with Crippen LogP contribution in [0.4, 0.5) is 0 Å². The number of thiazole rings is 1. The molecule has 0 aliphatic heterocycles. The normalized spacial score (nSPS) is 10.3. The van der Waals surface area contributed by atoms with Crippen molar-refractivity contribution >= 4 is 11.3 Å². The van der Waals surface area contributed by atoms with Crippen LogP contribution in [0.1, 0.15) is 21.0 Å². The fraction of sp³-hybridized carbons (Fsp3) is 0.286. The molecule has 0 atom stereocenters. The van der Waals surface area contributed by atoms with Crippen LogP contribution in [0.15, 0.2) is 12.1 Å². The zero-order chi connectivity index (χ0) is 14.0. The Morgan fingerprint density at radius 3 is 2.68 bits per heavy atom. The average Bonchev–Trinajstić information content (AvgIpc) is 2.85. The van der Waals surface area contributed by atoms with Crippen molar-refractivity contribution in [2.45, 2.75) is 20.4 Å². The summed E-state index contributed by atoms with van der Waals surface area (Å²) in [5.74, 6) is 0.842. The summed E-state index contributed by atoms with van der Waals surface area (Å²) in [6, 6.07) is 6.04. The number of methoxy groups -OCH3 is 1. The summed E-state index contributed by atoms with van der Waals surface area (Å²) in [6.45, 7) is 4.36. The first-order valence-electron chi connectivity index (χ1n) is 5.86. The fourth-order valence-electron chi connectivity index (χ4n) is 1.98. The minimum atomic E-state index is 0.355. The minimum absolute atomic E-state index is 0.355. The lowest BCUT2D eigenvalue weighted by atomic mass is 9.99. The van der Waals surface area contributed by atoms with E-state index in [1.807, 2.05) is 26.0 Å². The van der Waals surface area contributed by atoms with Gasteiger partial charge in [0.05, 0.1) is 12.8 Å². The van der Waals surface area contributed by atoms with E-state index in [0.717, 1.165) is 33.1 Å². The minimum Gasteiger partial charge on any atom is -0.496 e. The van der Waals surface area contributed by atoms with Crippen molar-refractivity contribution < 1.29 is 4.74 Å². The Hall–Kier alpha value is -1.90. The summed E-state index contributed by atoms with van der Waals surface area (Å²) in [6.07, 6.45) is 0. The molecule has 2 N–H and O–H groups in total. The highest BCUT2D eigenvalue weighted by atomic mass is 32.1. The second-order valence-corrected chi connectivity index (χ2v) is 5.25. The van der Waals surface area contributed by atoms with E-state index in [-0.39, 0.29) is 0 Å². The number of hydrogen-bond acceptors (Lipinski definition) is 5. The summed E-state index contributed by atoms with van der Waals surface area (Å²) in [4.78, 5) is 5.06. The monoisotopic (exact) mass is 273 g/mol. The van der Waals surface area contributed by atoms with Gasteiger partial charge in [-0.25, -0.2) is 4.98 Å². The molecule has 4 nitrogen and oxygen atoms in total. The number of nitriles is 1. The van der Waals surface area contributed by atoms with Crippen molar-refractivity contribution in [3.05, 3.63) is 33.1 Å². The molecule has 0 saturated heterocycles. The quantitative estimate of drug-likeness (QED) is 0.933. The molecule has 0 amide bonds. The molecule has 0 aliphatic carbocycles. The molecule has 1 aromatic carbocycles. The zero-order valence-corrected chi connectivity index (χ0v) is 12.0. The largest absolute Gasteiger partial charge is 0.496 e. The third kappa shape index (κ3) is 2.33. The van der Waals surface area contributed by atoms with Crippen LogP contribution in [0.5, 0.6) is 5.75 Å². The summed E-state index contributed by atoms with van der Waals surface area (Å²) < 4.78 is 5.30. The van der Waals surface area contributed by atoms with E-state index in [2.05, 4.69) is 11.1 Å². The van der Waals surface area contributed by atoms with Gasteiger partial charge in [0.1, 0.15) is 21.7 Å². The van der Waals surface area contributed by atoms with Gasteiger partial charge in [0.25, 0.3) is 0 Å². The number of benzene rings is 1. The standard InChI is InChI=1S/C14H15N3OS/c1-8-9(2)11(18-3)5-4-10(8)14-12(6-15)19-13(7-16)17-14/h4-5H,7,16H2,1-3H3. The maximum atomic E-state index is 9.20. The molecule has 0 bridgehead atoms. The van der Waals surface area contributed by atoms with Gasteiger partial charge in [-0.05, 0) is 37.1 Å². The van der Waals surface area contributed by atoms with Gasteiger partial charge in [-0.1, -0.05) is 0 Å². The SMILES string of the molecule is COc1ccc(-c2nc(CN)sc2C#N)c(C)c1C. The second-order valence-electron chi connectivity index (χ2n) is 4.17. The Morgan fingerprint density at radius 2 is 2.11 bits per heavy atom. The summed E-state index contributed by atoms with van der Waals surface area (Å²) in [5, 5.41) is 9.98. The number of nitrogens with zero attached hydrogens (tertiary/aromatic N) is 2. The number of rotatable bonds is 3. The van der Waals surface area contributed by atoms with Crippen molar-refractivity contribution in [3.8, 4) is 23.1 Å². The molecule has 5 heteroatoms. The van der Waals surface area contributed by atoms with E-state index < -0.39 is 0 Å². The molecule has 98 valence electrons. The van der Waals surface area contributed by atoms with Gasteiger partial charge in [0.2, 0.25) is 0 Å². The van der Waals surface area contributed by atoms with Crippen LogP contribution < -0.4 is 10.5 Å². The highest BCUT2D eigenvalue weighted by Gasteiger charge is 2.16. The van der Waals surface area contributed by atoms with Crippen molar-refractivity contribution in [2.75, 3.05) is 7.11 Å². The van der Waals surface area contributed by atoms with Crippen LogP contribution in [0, 0.1) is 25.2 Å². The van der Waals surface area contributed by atoms with Crippen molar-refractivity contribution in [2.24, 2.45) is 5.73 Å². The van der Waals surface area contributed by atoms with E-state index >= 15 is 0 Å². The summed E-state index contributed by atoms with van der Waals surface area (Å²) in [7, 11) is 1.65. The van der Waals surface area contributed by atoms with E-state index in [0.29, 0.717) is 11.4 Å². The molecule has 0 radical (unpaired) electrons. The van der Waals surface area contributed by atoms with Gasteiger partial charge in [0, 0.05) is 12.1 Å². The lowest BCUT2D eigenvalue weighted by molar-refractivity contribution is 0.411. The molecular formula is C14H15N3OS. The highest BCUT2D eigenvalue weighted by molar-refractivity contribution is 7.12. The molecule has 0 saturated carbocycles. The molecule has 0 unspecified atom stereocenters. The molecule has 19 heavy (non-hydrogen) atoms. The Labute approximate surface area is 116 Å². The predicted octanol–water partition coefficient (Wildman–Crippen LogP) is 2.77. The molecule has 0 aliphatic rings. The first kappa shape index (κ1) is 13.5. The molecule has 2 aromatic rings. The number of hydrogen-bond donors (Lipinski definition) is 1. The van der Waals surface area contributed by atoms with Crippen molar-refractivity contribution in [1.29, 1.82) is 5.26 Å². The van der Waals surface area contributed by atoms with Crippen LogP contribution in [0.2, 0.25) is 0 Å². The molecule has 0 spiro atoms. The Bertz CT molecular complexity index is 655. The average molecular weight is 273 g/mol. The Kier molecular flexibility index (Phi) is 3.84. The highest BCUT2D eigenvalue weighted by Crippen LogP contribution is 2.34. The molecule has 1 aromatic heterocycles. The second kappa shape index (κ2) is 5.39. The van der Waals surface area contributed by atoms with E-state index in [1.165, 1.54) is 11.3 Å². The predicted molar refractivity (Wildman–Crippen MR) is 76.2 cm³/mol. The van der Waals surface area contributed by atoms with Gasteiger partial charge < -0.3 is 10.5 Å². The van der Waals surface area contributed by atoms with Gasteiger partial charge in [-0.2, -0.15) is 5.26 Å². The smallest absolute Gasteiger partial charge is 0.132 e. The summed E-state index contributed by atoms with van der Waals surface area (Å²) >= 11 is 1.35. The van der Waals surface area contributed by atoms with Crippen molar-refractivity contribution in [3.63, 3.8) is 0 Å². The lowest BCUT2D eigenvalue weighted by Gasteiger charge is -2.11. The van der Waals surface area contributed by atoms with Crippen LogP contribution in [0.3, 0.4) is 0 Å². The molecule has 1 heterocycles. The fourth-order valence-corrected chi connectivity index (χ4v) is 2.74. The molecule has 2 rings (SSSR count). The maximum absolute atomic E-state index is 9.20. The van der Waals surface area contributed by atoms with Crippen LogP contribution in [-0.2, 0) is 6.54 Å². The van der Waals surface area contributed by atoms with E-state index in [4.69, 9.17) is 10.5 Å². The van der Waals surface area contributed by atoms with E-state index in [1.54, 1.807) is 7.11 Å². The number of ether oxygens (including phenoxy) is 1. The number of aromatic nitrogens is 1. The Balaban J connectivity index is 2.63. The van der Waals surface area contributed by atoms with Crippen LogP contribution >= 0.6 is 11.3 Å². The zero-order valence-electron chi connectivity index (χ0n) is 11.2. The topological polar surface area (TPSA) is 71.9 Å². The van der Waals surface area contributed by atoms with Crippen LogP contribution in [-0.4, -0.2) is 12.1 Å². The third-order valence-corrected chi connectivity index (χ3v) is 4.14. The van der Waals surface area contributed by atoms with Gasteiger partial charge in [-0.15, -0.1) is 11.3 Å². The van der Waals surface area contributed by atoms with Gasteiger partial charge in [-0.3, -0.25) is 0 Å². The first-order chi connectivity index (χ1) is 9.12. The van der Waals surface area contributed by atoms with Crippen molar-refractivity contribution in [1.82, 2.24) is 4.98 Å². The third-order valence-electron chi connectivity index (χ3n) is 3.16. The maximum Gasteiger partial charge on any atom is 0.132 e. The summed E-state index contributed by atoms with van der Waals surface area (Å²) in [5.41, 5.74) is 9.41. The van der Waals surface area contributed by atoms with Gasteiger partial charge in [0.15, 0.2) is 0 Å². The van der Waals surface area contributed by atoms with Gasteiger partial charge >= 0.3 is 0 Å². The molecular weight excluding hydrogens is 258 g/mol. The van der Waals surface area contributed by atoms with Crippen LogP contribution in [0.25, 0.3) is 11.3 Å². The Morgan fingerprint density at radius 1 is 1.37 bits per heavy atom. The lowest BCUT2D eigenvalue weighted by Crippen LogP contribution is -1.96. The number of nitrogens with two attached hydrogens (primary N) is 1. The molecule has 0 fully saturated rings. The first-order valence-corrected chi connectivity index (χ1v) is 6.68. The van der Waals surface area contributed by atoms with E-state index in [9.17, 15) is 5.26 Å².